The van der Waals surface area contributed by atoms with Gasteiger partial charge in [-0.15, -0.1) is 0 Å². The lowest BCUT2D eigenvalue weighted by Crippen LogP contribution is -2.53. The number of fused-ring (bicyclic) bond motifs is 12. The highest BCUT2D eigenvalue weighted by molar-refractivity contribution is 6.43. The van der Waals surface area contributed by atoms with Crippen LogP contribution in [0.2, 0.25) is 40.2 Å². The summed E-state index contributed by atoms with van der Waals surface area (Å²) in [7, 11) is 0. The molecule has 35 heteroatoms. The molecule has 10 aromatic carbocycles. The molecule has 6 aliphatic rings. The number of aromatic nitrogens is 6. The van der Waals surface area contributed by atoms with Crippen molar-refractivity contribution in [3.05, 3.63) is 395 Å². The van der Waals surface area contributed by atoms with E-state index in [0.717, 1.165) is 128 Å². The molecule has 4 aromatic heterocycles. The number of alkyl halides is 3. The lowest BCUT2D eigenvalue weighted by Gasteiger charge is -2.35. The van der Waals surface area contributed by atoms with Crippen LogP contribution in [0.25, 0.3) is 54.5 Å². The summed E-state index contributed by atoms with van der Waals surface area (Å²) in [5.74, 6) is 0.831. The molecular formula is C109H89Cl8F3N16O8. The van der Waals surface area contributed by atoms with E-state index in [1.807, 2.05) is 201 Å². The summed E-state index contributed by atoms with van der Waals surface area (Å²) in [6, 6.07) is 68.8. The van der Waals surface area contributed by atoms with Crippen LogP contribution in [0.3, 0.4) is 0 Å². The van der Waals surface area contributed by atoms with Crippen molar-refractivity contribution in [2.24, 2.45) is 0 Å². The molecule has 14 aromatic rings. The van der Waals surface area contributed by atoms with E-state index in [9.17, 15) is 37.1 Å². The van der Waals surface area contributed by atoms with Gasteiger partial charge in [-0.2, -0.15) is 13.2 Å². The van der Waals surface area contributed by atoms with Gasteiger partial charge in [0.25, 0.3) is 0 Å². The van der Waals surface area contributed by atoms with Gasteiger partial charge in [0.15, 0.2) is 0 Å². The molecule has 24 nitrogen and oxygen atoms in total. The van der Waals surface area contributed by atoms with Crippen LogP contribution in [0, 0.1) is 27.0 Å². The summed E-state index contributed by atoms with van der Waals surface area (Å²) in [6.07, 6.45) is 4.20. The molecule has 20 rings (SSSR count). The van der Waals surface area contributed by atoms with Crippen LogP contribution in [-0.2, 0) is 57.7 Å². The number of piperazine rings is 1. The van der Waals surface area contributed by atoms with Gasteiger partial charge in [-0.25, -0.2) is 48.8 Å². The highest BCUT2D eigenvalue weighted by atomic mass is 35.5. The van der Waals surface area contributed by atoms with Crippen LogP contribution < -0.4 is 26.6 Å². The summed E-state index contributed by atoms with van der Waals surface area (Å²) < 4.78 is 52.9. The van der Waals surface area contributed by atoms with Crippen molar-refractivity contribution in [1.82, 2.24) is 49.9 Å². The number of nitrogens with one attached hydrogen (secondary N) is 5. The monoisotopic (exact) mass is 2090 g/mol. The van der Waals surface area contributed by atoms with Crippen molar-refractivity contribution >= 4 is 158 Å². The first kappa shape index (κ1) is 102. The molecule has 4 aliphatic carbocycles. The Kier molecular flexibility index (Phi) is 32.4. The van der Waals surface area contributed by atoms with E-state index in [1.54, 1.807) is 53.2 Å². The zero-order chi connectivity index (χ0) is 101. The van der Waals surface area contributed by atoms with Crippen LogP contribution in [-0.4, -0.2) is 153 Å². The molecule has 144 heavy (non-hydrogen) atoms. The number of aryl methyl sites for hydroxylation is 2. The Balaban J connectivity index is 0.000000132. The fraction of sp³-hybridized carbons (Fsp3) is 0.220. The molecule has 5 N–H and O–H groups in total. The average Bonchev–Trinajstić information content (AvgIpc) is 0.758. The minimum Gasteiger partial charge on any atom is -0.449 e. The maximum Gasteiger partial charge on any atom is 0.412 e. The van der Waals surface area contributed by atoms with Gasteiger partial charge in [-0.3, -0.25) is 40.9 Å². The van der Waals surface area contributed by atoms with Crippen molar-refractivity contribution in [3.8, 4) is 44.8 Å². The summed E-state index contributed by atoms with van der Waals surface area (Å²) in [6.45, 7) is 23.9. The van der Waals surface area contributed by atoms with Gasteiger partial charge in [0.1, 0.15) is 24.8 Å². The van der Waals surface area contributed by atoms with Gasteiger partial charge in [0.2, 0.25) is 29.2 Å². The maximum atomic E-state index is 13.1. The third kappa shape index (κ3) is 24.0. The first-order chi connectivity index (χ1) is 69.6. The Morgan fingerprint density at radius 3 is 1.28 bits per heavy atom. The topological polar surface area (TPSA) is 269 Å². The van der Waals surface area contributed by atoms with Crippen molar-refractivity contribution < 1.29 is 51.4 Å². The Hall–Kier alpha value is -13.8. The van der Waals surface area contributed by atoms with E-state index in [4.69, 9.17) is 125 Å². The number of amides is 7. The molecule has 7 amide bonds. The standard InChI is InChI=1S/C30H23Cl2N3O2.C29H30Cl2N6O3.C29H21Cl2N3O2.C21H15Cl2F3N4O/c1-18-7-3-4-8-19(18)13-14-37-30(36)35-29-28(33-2)27-21(17-34-29)15-24(22-9-5-6-10-23(22)27)20-11-12-25(31)26(32)16-20;30-24-6-5-19(16-25(24)31)23-15-20-17-32-28(33-27(20)22-4-2-1-3-21(22)23)34-29(39)37-9-7-35(8-10-37)18-26(38)36-11-13-40-14-12-36;1-17-7-9-18(10-8-17)16-36-29(35)34-28-27(32-2)26-20(15-33-28)13-23(21-5-3-4-6-22(21)26)19-11-12-24(30)25(31)14-19;22-16-6-5-11(8-17(16)23)15-7-12-9-27-19(30-20(31)28-10-21(24,25)26)29-18(12)14-4-2-1-3-13(14)15/h3-12,16-17,24H,13-15H2,1H3,(H,34,35,36);1-6,16-17,23H,7-15,18H2,(H,32,33,34,39);3-12,14-15,23H,13,16H2,1H3,(H,33,34,35);1-6,8-9,15H,7,10H2,(H2,27,28,29,30,31). The normalized spacial score (nSPS) is 15.5. The number of carbonyl (C=O) groups excluding carboxylic acids is 5. The van der Waals surface area contributed by atoms with E-state index in [1.165, 1.54) is 0 Å². The molecule has 4 unspecified atom stereocenters. The van der Waals surface area contributed by atoms with E-state index < -0.39 is 30.9 Å². The van der Waals surface area contributed by atoms with Gasteiger partial charge >= 0.3 is 30.4 Å². The summed E-state index contributed by atoms with van der Waals surface area (Å²) >= 11 is 49.7. The van der Waals surface area contributed by atoms with E-state index in [0.29, 0.717) is 148 Å². The number of pyridine rings is 2. The van der Waals surface area contributed by atoms with Gasteiger partial charge in [-0.05, 0) is 194 Å². The molecule has 0 saturated carbocycles. The number of urea groups is 2. The number of halogens is 11. The fourth-order valence-corrected chi connectivity index (χ4v) is 19.8. The molecular weight excluding hydrogens is 2000 g/mol. The molecule has 0 radical (unpaired) electrons. The molecule has 2 aliphatic heterocycles. The molecule has 730 valence electrons. The fourth-order valence-electron chi connectivity index (χ4n) is 18.6. The van der Waals surface area contributed by atoms with Gasteiger partial charge in [0.05, 0.1) is 91.1 Å². The lowest BCUT2D eigenvalue weighted by molar-refractivity contribution is -0.136. The lowest BCUT2D eigenvalue weighted by atomic mass is 9.76. The molecule has 4 atom stereocenters. The second-order valence-corrected chi connectivity index (χ2v) is 38.1. The number of hydrogen-bond donors (Lipinski definition) is 5. The summed E-state index contributed by atoms with van der Waals surface area (Å²) in [4.78, 5) is 102. The highest BCUT2D eigenvalue weighted by Crippen LogP contribution is 2.53. The van der Waals surface area contributed by atoms with E-state index >= 15 is 0 Å². The van der Waals surface area contributed by atoms with Crippen molar-refractivity contribution in [3.63, 3.8) is 0 Å². The number of carbonyl (C=O) groups is 5. The Labute approximate surface area is 868 Å². The number of rotatable bonds is 16. The predicted octanol–water partition coefficient (Wildman–Crippen LogP) is 26.7. The third-order valence-corrected chi connectivity index (χ3v) is 28.7. The number of nitrogens with zero attached hydrogens (tertiary/aromatic N) is 11. The smallest absolute Gasteiger partial charge is 0.412 e. The SMILES string of the molecule is O=C(CN1CCN(C(=O)Nc2ncc3c(n2)-c2ccccc2C(c2ccc(Cl)c(Cl)c2)C3)CC1)N1CCOCC1.O=C(NCC(F)(F)F)Nc1ncc2c(n1)-c1ccccc1C(c1ccc(Cl)c(Cl)c1)C2.[C-]#[N+]c1c(NC(=O)OCCc2ccccc2C)ncc2c1-c1ccccc1C(c1ccc(Cl)c(Cl)c1)C2.[C-]#[N+]c1c(NC(=O)OCc2ccc(C)cc2)ncc2c1-c1ccccc1C(c1ccc(Cl)c(Cl)c1)C2. The van der Waals surface area contributed by atoms with Gasteiger partial charge in [0, 0.05) is 105 Å². The first-order valence-electron chi connectivity index (χ1n) is 46.0. The molecule has 6 heterocycles. The zero-order valence-electron chi connectivity index (χ0n) is 77.3. The number of anilines is 4. The molecule has 2 saturated heterocycles. The van der Waals surface area contributed by atoms with E-state index in [2.05, 4.69) is 79.0 Å². The molecule has 0 bridgehead atoms. The van der Waals surface area contributed by atoms with E-state index in [-0.39, 0.29) is 72.4 Å². The number of hydrogen-bond acceptors (Lipinski definition) is 15. The average molecular weight is 2090 g/mol. The Morgan fingerprint density at radius 1 is 0.444 bits per heavy atom. The number of benzene rings is 10. The van der Waals surface area contributed by atoms with Crippen LogP contribution in [0.1, 0.15) is 113 Å². The Morgan fingerprint density at radius 2 is 0.847 bits per heavy atom. The Bertz CT molecular complexity index is 7350. The zero-order valence-corrected chi connectivity index (χ0v) is 83.3. The predicted molar refractivity (Wildman–Crippen MR) is 557 cm³/mol. The summed E-state index contributed by atoms with van der Waals surface area (Å²) in [5, 5.41) is 16.2. The number of morpholine rings is 1. The second kappa shape index (κ2) is 45.9. The third-order valence-electron chi connectivity index (χ3n) is 25.8. The highest BCUT2D eigenvalue weighted by Gasteiger charge is 2.37. The van der Waals surface area contributed by atoms with Crippen LogP contribution in [0.15, 0.2) is 243 Å². The maximum absolute atomic E-state index is 13.1. The minimum absolute atomic E-state index is 0.00374. The van der Waals surface area contributed by atoms with Gasteiger partial charge in [-0.1, -0.05) is 268 Å². The van der Waals surface area contributed by atoms with Gasteiger partial charge < -0.3 is 29.3 Å². The summed E-state index contributed by atoms with van der Waals surface area (Å²) in [5.41, 5.74) is 23.8. The van der Waals surface area contributed by atoms with Crippen LogP contribution >= 0.6 is 92.8 Å². The van der Waals surface area contributed by atoms with Crippen molar-refractivity contribution in [1.29, 1.82) is 0 Å². The van der Waals surface area contributed by atoms with Crippen molar-refractivity contribution in [2.75, 3.05) is 93.4 Å². The largest absolute Gasteiger partial charge is 0.449 e. The van der Waals surface area contributed by atoms with Crippen LogP contribution in [0.5, 0.6) is 0 Å². The molecule has 2 fully saturated rings. The number of ether oxygens (including phenoxy) is 3. The minimum atomic E-state index is -4.51. The van der Waals surface area contributed by atoms with Crippen molar-refractivity contribution in [2.45, 2.75) is 82.4 Å². The van der Waals surface area contributed by atoms with Crippen LogP contribution in [0.4, 0.5) is 67.3 Å². The second-order valence-electron chi connectivity index (χ2n) is 34.9. The molecule has 0 spiro atoms. The first-order valence-corrected chi connectivity index (χ1v) is 49.0. The quantitative estimate of drug-likeness (QED) is 0.0563.